The van der Waals surface area contributed by atoms with Gasteiger partial charge in [0.1, 0.15) is 5.69 Å². The number of ketones is 1. The van der Waals surface area contributed by atoms with Gasteiger partial charge in [-0.15, -0.1) is 0 Å². The standard InChI is InChI=1S/C11H11N3O2/c1-8(15)11-4-3-9(5-12-11)14-7-10(16-2)6-13-14/h3-7H,1-2H3. The lowest BCUT2D eigenvalue weighted by Crippen LogP contribution is -1.99. The molecule has 0 aliphatic rings. The number of Topliss-reactive ketones (excluding diaryl/α,β-unsaturated/α-hetero) is 1. The van der Waals surface area contributed by atoms with Gasteiger partial charge in [0.05, 0.1) is 31.4 Å². The van der Waals surface area contributed by atoms with E-state index in [1.54, 1.807) is 42.5 Å². The van der Waals surface area contributed by atoms with Crippen molar-refractivity contribution in [2.24, 2.45) is 0 Å². The molecule has 82 valence electrons. The van der Waals surface area contributed by atoms with Crippen molar-refractivity contribution in [3.05, 3.63) is 36.4 Å². The van der Waals surface area contributed by atoms with E-state index >= 15 is 0 Å². The third kappa shape index (κ3) is 1.93. The molecule has 0 aliphatic heterocycles. The van der Waals surface area contributed by atoms with Crippen LogP contribution in [0.1, 0.15) is 17.4 Å². The molecule has 0 saturated carbocycles. The molecule has 2 aromatic heterocycles. The first-order valence-corrected chi connectivity index (χ1v) is 4.77. The van der Waals surface area contributed by atoms with Gasteiger partial charge in [-0.25, -0.2) is 4.68 Å². The second-order valence-electron chi connectivity index (χ2n) is 3.28. The maximum Gasteiger partial charge on any atom is 0.178 e. The van der Waals surface area contributed by atoms with Crippen LogP contribution in [0.15, 0.2) is 30.7 Å². The molecule has 0 fully saturated rings. The number of carbonyl (C=O) groups excluding carboxylic acids is 1. The van der Waals surface area contributed by atoms with Crippen LogP contribution < -0.4 is 4.74 Å². The SMILES string of the molecule is COc1cnn(-c2ccc(C(C)=O)nc2)c1. The third-order valence-corrected chi connectivity index (χ3v) is 2.17. The zero-order valence-electron chi connectivity index (χ0n) is 9.04. The van der Waals surface area contributed by atoms with Crippen LogP contribution in [0.4, 0.5) is 0 Å². The van der Waals surface area contributed by atoms with Gasteiger partial charge in [-0.05, 0) is 12.1 Å². The molecular formula is C11H11N3O2. The number of pyridine rings is 1. The van der Waals surface area contributed by atoms with Crippen molar-refractivity contribution >= 4 is 5.78 Å². The molecule has 5 heteroatoms. The highest BCUT2D eigenvalue weighted by atomic mass is 16.5. The quantitative estimate of drug-likeness (QED) is 0.731. The predicted octanol–water partition coefficient (Wildman–Crippen LogP) is 1.48. The minimum Gasteiger partial charge on any atom is -0.493 e. The summed E-state index contributed by atoms with van der Waals surface area (Å²) in [5, 5.41) is 4.10. The van der Waals surface area contributed by atoms with Crippen LogP contribution in [0.25, 0.3) is 5.69 Å². The van der Waals surface area contributed by atoms with E-state index in [0.717, 1.165) is 5.69 Å². The van der Waals surface area contributed by atoms with Crippen molar-refractivity contribution in [2.45, 2.75) is 6.92 Å². The Hall–Kier alpha value is -2.17. The van der Waals surface area contributed by atoms with E-state index < -0.39 is 0 Å². The zero-order chi connectivity index (χ0) is 11.5. The van der Waals surface area contributed by atoms with Crippen LogP contribution in [-0.4, -0.2) is 27.7 Å². The summed E-state index contributed by atoms with van der Waals surface area (Å²) >= 11 is 0. The Labute approximate surface area is 92.7 Å². The molecule has 0 saturated heterocycles. The smallest absolute Gasteiger partial charge is 0.178 e. The molecule has 2 aromatic rings. The average molecular weight is 217 g/mol. The van der Waals surface area contributed by atoms with Gasteiger partial charge < -0.3 is 4.74 Å². The molecule has 0 atom stereocenters. The van der Waals surface area contributed by atoms with Crippen molar-refractivity contribution in [3.63, 3.8) is 0 Å². The topological polar surface area (TPSA) is 57.0 Å². The summed E-state index contributed by atoms with van der Waals surface area (Å²) in [6.45, 7) is 1.49. The van der Waals surface area contributed by atoms with Crippen LogP contribution in [-0.2, 0) is 0 Å². The number of methoxy groups -OCH3 is 1. The van der Waals surface area contributed by atoms with E-state index in [9.17, 15) is 4.79 Å². The van der Waals surface area contributed by atoms with Crippen LogP contribution >= 0.6 is 0 Å². The predicted molar refractivity (Wildman–Crippen MR) is 57.9 cm³/mol. The summed E-state index contributed by atoms with van der Waals surface area (Å²) in [5.74, 6) is 0.625. The van der Waals surface area contributed by atoms with E-state index in [0.29, 0.717) is 11.4 Å². The lowest BCUT2D eigenvalue weighted by atomic mass is 10.2. The van der Waals surface area contributed by atoms with Crippen molar-refractivity contribution in [2.75, 3.05) is 7.11 Å². The number of rotatable bonds is 3. The van der Waals surface area contributed by atoms with Gasteiger partial charge in [0, 0.05) is 6.92 Å². The summed E-state index contributed by atoms with van der Waals surface area (Å²) < 4.78 is 6.66. The zero-order valence-corrected chi connectivity index (χ0v) is 9.04. The van der Waals surface area contributed by atoms with Gasteiger partial charge in [0.15, 0.2) is 11.5 Å². The number of hydrogen-bond acceptors (Lipinski definition) is 4. The molecule has 0 radical (unpaired) electrons. The Morgan fingerprint density at radius 3 is 2.69 bits per heavy atom. The number of carbonyl (C=O) groups is 1. The largest absolute Gasteiger partial charge is 0.493 e. The van der Waals surface area contributed by atoms with E-state index in [4.69, 9.17) is 4.74 Å². The maximum atomic E-state index is 11.0. The molecule has 5 nitrogen and oxygen atoms in total. The number of nitrogens with zero attached hydrogens (tertiary/aromatic N) is 3. The summed E-state index contributed by atoms with van der Waals surface area (Å²) in [6, 6.07) is 3.46. The molecule has 0 bridgehead atoms. The van der Waals surface area contributed by atoms with Gasteiger partial charge in [-0.1, -0.05) is 0 Å². The van der Waals surface area contributed by atoms with Gasteiger partial charge >= 0.3 is 0 Å². The Bertz CT molecular complexity index is 502. The summed E-state index contributed by atoms with van der Waals surface area (Å²) in [7, 11) is 1.58. The Morgan fingerprint density at radius 2 is 2.19 bits per heavy atom. The first kappa shape index (κ1) is 10.4. The minimum atomic E-state index is -0.0513. The molecule has 0 amide bonds. The second kappa shape index (κ2) is 4.14. The number of ether oxygens (including phenoxy) is 1. The molecule has 0 aromatic carbocycles. The second-order valence-corrected chi connectivity index (χ2v) is 3.28. The van der Waals surface area contributed by atoms with Gasteiger partial charge in [0.2, 0.25) is 0 Å². The highest BCUT2D eigenvalue weighted by Gasteiger charge is 2.03. The Balaban J connectivity index is 2.30. The monoisotopic (exact) mass is 217 g/mol. The van der Waals surface area contributed by atoms with E-state index in [-0.39, 0.29) is 5.78 Å². The number of aromatic nitrogens is 3. The minimum absolute atomic E-state index is 0.0513. The van der Waals surface area contributed by atoms with E-state index in [2.05, 4.69) is 10.1 Å². The Kier molecular flexibility index (Phi) is 2.68. The summed E-state index contributed by atoms with van der Waals surface area (Å²) in [5.41, 5.74) is 1.23. The third-order valence-electron chi connectivity index (χ3n) is 2.17. The van der Waals surface area contributed by atoms with Crippen molar-refractivity contribution in [3.8, 4) is 11.4 Å². The normalized spacial score (nSPS) is 10.1. The highest BCUT2D eigenvalue weighted by molar-refractivity contribution is 5.92. The lowest BCUT2D eigenvalue weighted by molar-refractivity contribution is 0.101. The van der Waals surface area contributed by atoms with Gasteiger partial charge in [0.25, 0.3) is 0 Å². The Morgan fingerprint density at radius 1 is 1.38 bits per heavy atom. The summed E-state index contributed by atoms with van der Waals surface area (Å²) in [6.07, 6.45) is 4.95. The van der Waals surface area contributed by atoms with Crippen LogP contribution in [0, 0.1) is 0 Å². The van der Waals surface area contributed by atoms with Gasteiger partial charge in [-0.2, -0.15) is 5.10 Å². The van der Waals surface area contributed by atoms with E-state index in [1.807, 2.05) is 0 Å². The fourth-order valence-electron chi connectivity index (χ4n) is 1.28. The number of hydrogen-bond donors (Lipinski definition) is 0. The fourth-order valence-corrected chi connectivity index (χ4v) is 1.28. The van der Waals surface area contributed by atoms with Crippen molar-refractivity contribution in [1.82, 2.24) is 14.8 Å². The molecule has 16 heavy (non-hydrogen) atoms. The first-order chi connectivity index (χ1) is 7.70. The van der Waals surface area contributed by atoms with Crippen LogP contribution in [0.2, 0.25) is 0 Å². The molecule has 0 spiro atoms. The maximum absolute atomic E-state index is 11.0. The van der Waals surface area contributed by atoms with Crippen molar-refractivity contribution < 1.29 is 9.53 Å². The fraction of sp³-hybridized carbons (Fsp3) is 0.182. The van der Waals surface area contributed by atoms with Gasteiger partial charge in [-0.3, -0.25) is 9.78 Å². The average Bonchev–Trinajstić information content (AvgIpc) is 2.77. The lowest BCUT2D eigenvalue weighted by Gasteiger charge is -2.00. The molecule has 2 rings (SSSR count). The molecule has 2 heterocycles. The molecule has 0 unspecified atom stereocenters. The summed E-state index contributed by atoms with van der Waals surface area (Å²) in [4.78, 5) is 15.1. The van der Waals surface area contributed by atoms with Crippen molar-refractivity contribution in [1.29, 1.82) is 0 Å². The molecule has 0 N–H and O–H groups in total. The highest BCUT2D eigenvalue weighted by Crippen LogP contribution is 2.12. The molecule has 0 aliphatic carbocycles. The van der Waals surface area contributed by atoms with Crippen LogP contribution in [0.3, 0.4) is 0 Å². The molecular weight excluding hydrogens is 206 g/mol. The van der Waals surface area contributed by atoms with Crippen LogP contribution in [0.5, 0.6) is 5.75 Å². The first-order valence-electron chi connectivity index (χ1n) is 4.77. The van der Waals surface area contributed by atoms with E-state index in [1.165, 1.54) is 6.92 Å².